The largest absolute Gasteiger partial charge is 0.507 e. The normalized spacial score (nSPS) is 14.3. The molecule has 19 heavy (non-hydrogen) atoms. The van der Waals surface area contributed by atoms with Crippen molar-refractivity contribution in [1.82, 2.24) is 10.1 Å². The first kappa shape index (κ1) is 13.8. The third-order valence-corrected chi connectivity index (χ3v) is 3.45. The van der Waals surface area contributed by atoms with Gasteiger partial charge in [-0.15, -0.1) is 0 Å². The third kappa shape index (κ3) is 2.57. The van der Waals surface area contributed by atoms with Gasteiger partial charge in [0, 0.05) is 12.1 Å². The minimum Gasteiger partial charge on any atom is -0.507 e. The predicted molar refractivity (Wildman–Crippen MR) is 71.1 cm³/mol. The summed E-state index contributed by atoms with van der Waals surface area (Å²) in [7, 11) is 1.60. The van der Waals surface area contributed by atoms with Crippen LogP contribution in [-0.2, 0) is 10.3 Å². The molecule has 0 radical (unpaired) electrons. The summed E-state index contributed by atoms with van der Waals surface area (Å²) in [6, 6.07) is 4.71. The fourth-order valence-electron chi connectivity index (χ4n) is 1.63. The quantitative estimate of drug-likeness (QED) is 0.931. The van der Waals surface area contributed by atoms with Crippen molar-refractivity contribution in [3.05, 3.63) is 29.0 Å². The second-order valence-electron chi connectivity index (χ2n) is 4.37. The minimum absolute atomic E-state index is 0.00156. The van der Waals surface area contributed by atoms with Crippen molar-refractivity contribution >= 4 is 11.6 Å². The van der Waals surface area contributed by atoms with Gasteiger partial charge in [0.2, 0.25) is 5.82 Å². The van der Waals surface area contributed by atoms with E-state index in [1.54, 1.807) is 19.2 Å². The van der Waals surface area contributed by atoms with Gasteiger partial charge in [0.1, 0.15) is 11.4 Å². The molecule has 0 fully saturated rings. The highest BCUT2D eigenvalue weighted by molar-refractivity contribution is 6.30. The number of methoxy groups -OCH3 is 1. The molecule has 6 heteroatoms. The van der Waals surface area contributed by atoms with Gasteiger partial charge in [-0.2, -0.15) is 4.98 Å². The third-order valence-electron chi connectivity index (χ3n) is 3.21. The number of phenols is 1. The van der Waals surface area contributed by atoms with Crippen LogP contribution in [0.1, 0.15) is 26.1 Å². The molecule has 0 aliphatic heterocycles. The number of hydrogen-bond donors (Lipinski definition) is 1. The summed E-state index contributed by atoms with van der Waals surface area (Å²) in [5.74, 6) is 0.682. The molecule has 0 amide bonds. The topological polar surface area (TPSA) is 68.4 Å². The van der Waals surface area contributed by atoms with Gasteiger partial charge >= 0.3 is 0 Å². The van der Waals surface area contributed by atoms with Crippen molar-refractivity contribution in [2.45, 2.75) is 25.9 Å². The average Bonchev–Trinajstić information content (AvgIpc) is 2.88. The van der Waals surface area contributed by atoms with E-state index in [0.29, 0.717) is 22.8 Å². The highest BCUT2D eigenvalue weighted by Gasteiger charge is 2.30. The Morgan fingerprint density at radius 2 is 2.21 bits per heavy atom. The van der Waals surface area contributed by atoms with Gasteiger partial charge in [0.25, 0.3) is 5.89 Å². The lowest BCUT2D eigenvalue weighted by atomic mass is 10.0. The van der Waals surface area contributed by atoms with Crippen molar-refractivity contribution in [2.75, 3.05) is 7.11 Å². The molecular weight excluding hydrogens is 268 g/mol. The highest BCUT2D eigenvalue weighted by Crippen LogP contribution is 2.33. The number of rotatable bonds is 4. The molecule has 1 atom stereocenters. The molecule has 1 N–H and O–H groups in total. The number of phenolic OH excluding ortho intramolecular Hbond substituents is 1. The Balaban J connectivity index is 2.41. The molecule has 1 aromatic carbocycles. The van der Waals surface area contributed by atoms with E-state index in [1.807, 2.05) is 13.8 Å². The summed E-state index contributed by atoms with van der Waals surface area (Å²) in [6.07, 6.45) is 0.703. The van der Waals surface area contributed by atoms with Crippen LogP contribution in [0.2, 0.25) is 5.02 Å². The van der Waals surface area contributed by atoms with Crippen LogP contribution in [0.25, 0.3) is 11.5 Å². The number of aromatic nitrogens is 2. The van der Waals surface area contributed by atoms with Crippen LogP contribution in [0.3, 0.4) is 0 Å². The van der Waals surface area contributed by atoms with Crippen molar-refractivity contribution in [3.8, 4) is 17.2 Å². The van der Waals surface area contributed by atoms with Crippen LogP contribution in [-0.4, -0.2) is 22.4 Å². The first-order valence-corrected chi connectivity index (χ1v) is 6.26. The maximum absolute atomic E-state index is 9.83. The van der Waals surface area contributed by atoms with E-state index >= 15 is 0 Å². The van der Waals surface area contributed by atoms with Crippen LogP contribution in [0.4, 0.5) is 0 Å². The van der Waals surface area contributed by atoms with Gasteiger partial charge in [0.05, 0.1) is 5.56 Å². The average molecular weight is 283 g/mol. The summed E-state index contributed by atoms with van der Waals surface area (Å²) in [5.41, 5.74) is -0.165. The van der Waals surface area contributed by atoms with E-state index in [1.165, 1.54) is 6.07 Å². The van der Waals surface area contributed by atoms with E-state index in [9.17, 15) is 5.11 Å². The molecule has 2 aromatic rings. The van der Waals surface area contributed by atoms with Crippen molar-refractivity contribution < 1.29 is 14.4 Å². The van der Waals surface area contributed by atoms with Gasteiger partial charge in [-0.05, 0) is 31.5 Å². The Labute approximate surface area is 116 Å². The van der Waals surface area contributed by atoms with Crippen LogP contribution >= 0.6 is 11.6 Å². The summed E-state index contributed by atoms with van der Waals surface area (Å²) < 4.78 is 10.6. The maximum atomic E-state index is 9.83. The predicted octanol–water partition coefficient (Wildman–Crippen LogP) is 3.37. The minimum atomic E-state index is -0.607. The zero-order valence-corrected chi connectivity index (χ0v) is 11.7. The molecule has 5 nitrogen and oxygen atoms in total. The molecule has 102 valence electrons. The molecule has 1 unspecified atom stereocenters. The van der Waals surface area contributed by atoms with Crippen molar-refractivity contribution in [2.24, 2.45) is 0 Å². The fourth-order valence-corrected chi connectivity index (χ4v) is 1.79. The number of hydrogen-bond acceptors (Lipinski definition) is 5. The smallest absolute Gasteiger partial charge is 0.261 e. The molecule has 0 saturated carbocycles. The Morgan fingerprint density at radius 3 is 2.79 bits per heavy atom. The first-order chi connectivity index (χ1) is 9.00. The number of benzene rings is 1. The summed E-state index contributed by atoms with van der Waals surface area (Å²) in [4.78, 5) is 4.28. The Bertz CT molecular complexity index is 579. The highest BCUT2D eigenvalue weighted by atomic mass is 35.5. The Kier molecular flexibility index (Phi) is 3.78. The van der Waals surface area contributed by atoms with Crippen LogP contribution in [0.5, 0.6) is 5.75 Å². The van der Waals surface area contributed by atoms with Crippen molar-refractivity contribution in [1.29, 1.82) is 0 Å². The molecule has 0 bridgehead atoms. The van der Waals surface area contributed by atoms with E-state index in [-0.39, 0.29) is 11.6 Å². The second-order valence-corrected chi connectivity index (χ2v) is 4.81. The maximum Gasteiger partial charge on any atom is 0.261 e. The van der Waals surface area contributed by atoms with Gasteiger partial charge in [-0.1, -0.05) is 23.7 Å². The van der Waals surface area contributed by atoms with Crippen molar-refractivity contribution in [3.63, 3.8) is 0 Å². The number of halogens is 1. The molecule has 0 spiro atoms. The van der Waals surface area contributed by atoms with Crippen LogP contribution < -0.4 is 0 Å². The Morgan fingerprint density at radius 1 is 1.47 bits per heavy atom. The fraction of sp³-hybridized carbons (Fsp3) is 0.385. The molecule has 1 heterocycles. The lowest BCUT2D eigenvalue weighted by molar-refractivity contribution is -0.0106. The molecule has 0 aliphatic carbocycles. The zero-order chi connectivity index (χ0) is 14.0. The van der Waals surface area contributed by atoms with E-state index < -0.39 is 5.60 Å². The molecule has 0 aliphatic rings. The van der Waals surface area contributed by atoms with Crippen LogP contribution in [0.15, 0.2) is 22.7 Å². The molecule has 1 aromatic heterocycles. The Hall–Kier alpha value is -1.59. The van der Waals surface area contributed by atoms with Gasteiger partial charge in [-0.3, -0.25) is 0 Å². The second kappa shape index (κ2) is 5.19. The lowest BCUT2D eigenvalue weighted by Crippen LogP contribution is -2.24. The lowest BCUT2D eigenvalue weighted by Gasteiger charge is -2.21. The monoisotopic (exact) mass is 282 g/mol. The summed E-state index contributed by atoms with van der Waals surface area (Å²) in [6.45, 7) is 3.85. The first-order valence-electron chi connectivity index (χ1n) is 5.88. The van der Waals surface area contributed by atoms with Gasteiger partial charge in [-0.25, -0.2) is 0 Å². The number of aromatic hydroxyl groups is 1. The van der Waals surface area contributed by atoms with E-state index in [0.717, 1.165) is 0 Å². The SMILES string of the molecule is CCC(C)(OC)c1noc(-c2ccc(Cl)cc2O)n1. The molecule has 0 saturated heterocycles. The van der Waals surface area contributed by atoms with Crippen LogP contribution in [0, 0.1) is 0 Å². The molecule has 2 rings (SSSR count). The summed E-state index contributed by atoms with van der Waals surface area (Å²) >= 11 is 5.78. The summed E-state index contributed by atoms with van der Waals surface area (Å²) in [5, 5.41) is 14.2. The van der Waals surface area contributed by atoms with Gasteiger partial charge < -0.3 is 14.4 Å². The zero-order valence-electron chi connectivity index (χ0n) is 11.0. The standard InChI is InChI=1S/C13H15ClN2O3/c1-4-13(2,18-3)12-15-11(19-16-12)9-6-5-8(14)7-10(9)17/h5-7,17H,4H2,1-3H3. The van der Waals surface area contributed by atoms with E-state index in [2.05, 4.69) is 10.1 Å². The number of ether oxygens (including phenoxy) is 1. The van der Waals surface area contributed by atoms with Gasteiger partial charge in [0.15, 0.2) is 0 Å². The molecular formula is C13H15ClN2O3. The van der Waals surface area contributed by atoms with E-state index in [4.69, 9.17) is 20.9 Å². The number of nitrogens with zero attached hydrogens (tertiary/aromatic N) is 2.